The highest BCUT2D eigenvalue weighted by atomic mass is 16.6. The molecule has 8 heteroatoms. The van der Waals surface area contributed by atoms with Crippen molar-refractivity contribution < 1.29 is 18.8 Å². The third-order valence-electron chi connectivity index (χ3n) is 4.76. The van der Waals surface area contributed by atoms with Crippen LogP contribution in [0, 0.1) is 6.92 Å². The van der Waals surface area contributed by atoms with Gasteiger partial charge in [-0.1, -0.05) is 35.5 Å². The first-order chi connectivity index (χ1) is 15.0. The lowest BCUT2D eigenvalue weighted by atomic mass is 10.0. The van der Waals surface area contributed by atoms with Crippen LogP contribution in [-0.4, -0.2) is 71.1 Å². The van der Waals surface area contributed by atoms with Gasteiger partial charge < -0.3 is 19.1 Å². The van der Waals surface area contributed by atoms with Crippen molar-refractivity contribution in [2.75, 3.05) is 33.7 Å². The molecule has 32 heavy (non-hydrogen) atoms. The molecule has 0 spiro atoms. The van der Waals surface area contributed by atoms with Gasteiger partial charge in [-0.15, -0.1) is 0 Å². The number of aryl methyl sites for hydroxylation is 1. The second kappa shape index (κ2) is 9.48. The summed E-state index contributed by atoms with van der Waals surface area (Å²) in [5.74, 6) is -0.756. The van der Waals surface area contributed by atoms with E-state index in [-0.39, 0.29) is 18.2 Å². The van der Waals surface area contributed by atoms with E-state index >= 15 is 0 Å². The molecule has 0 saturated heterocycles. The Morgan fingerprint density at radius 2 is 1.78 bits per heavy atom. The molecular formula is C24H30N4O4. The van der Waals surface area contributed by atoms with Gasteiger partial charge >= 0.3 is 5.97 Å². The number of hydrogen-bond acceptors (Lipinski definition) is 7. The van der Waals surface area contributed by atoms with Gasteiger partial charge in [0.25, 0.3) is 11.6 Å². The van der Waals surface area contributed by atoms with Crippen LogP contribution in [0.25, 0.3) is 22.4 Å². The number of nitrogens with zero attached hydrogens (tertiary/aromatic N) is 4. The topological polar surface area (TPSA) is 88.8 Å². The fourth-order valence-corrected chi connectivity index (χ4v) is 3.29. The highest BCUT2D eigenvalue weighted by Gasteiger charge is 2.27. The lowest BCUT2D eigenvalue weighted by molar-refractivity contribution is -0.155. The number of esters is 1. The smallest absolute Gasteiger partial charge is 0.326 e. The molecule has 3 rings (SSSR count). The van der Waals surface area contributed by atoms with Crippen LogP contribution >= 0.6 is 0 Å². The fourth-order valence-electron chi connectivity index (χ4n) is 3.29. The molecule has 170 valence electrons. The van der Waals surface area contributed by atoms with Gasteiger partial charge in [0.15, 0.2) is 0 Å². The highest BCUT2D eigenvalue weighted by molar-refractivity contribution is 6.07. The number of likely N-dealkylation sites (N-methyl/N-ethyl adjacent to an activating group) is 1. The Morgan fingerprint density at radius 1 is 1.09 bits per heavy atom. The molecule has 2 aromatic heterocycles. The average molecular weight is 439 g/mol. The van der Waals surface area contributed by atoms with Crippen molar-refractivity contribution in [3.8, 4) is 11.3 Å². The molecule has 0 aliphatic rings. The van der Waals surface area contributed by atoms with Crippen molar-refractivity contribution in [3.63, 3.8) is 0 Å². The number of amides is 1. The van der Waals surface area contributed by atoms with Crippen molar-refractivity contribution in [1.82, 2.24) is 19.9 Å². The van der Waals surface area contributed by atoms with Crippen LogP contribution < -0.4 is 0 Å². The van der Waals surface area contributed by atoms with E-state index in [1.165, 1.54) is 4.90 Å². The lowest BCUT2D eigenvalue weighted by Crippen LogP contribution is -2.42. The van der Waals surface area contributed by atoms with Crippen molar-refractivity contribution in [3.05, 3.63) is 47.7 Å². The first-order valence-corrected chi connectivity index (χ1v) is 10.5. The quantitative estimate of drug-likeness (QED) is 0.521. The maximum atomic E-state index is 13.7. The van der Waals surface area contributed by atoms with E-state index in [4.69, 9.17) is 9.26 Å². The summed E-state index contributed by atoms with van der Waals surface area (Å²) in [5, 5.41) is 4.56. The van der Waals surface area contributed by atoms with Crippen molar-refractivity contribution in [1.29, 1.82) is 0 Å². The molecule has 0 radical (unpaired) electrons. The van der Waals surface area contributed by atoms with Crippen LogP contribution in [0.2, 0.25) is 0 Å². The lowest BCUT2D eigenvalue weighted by Gasteiger charge is -2.26. The second-order valence-corrected chi connectivity index (χ2v) is 8.99. The maximum Gasteiger partial charge on any atom is 0.326 e. The van der Waals surface area contributed by atoms with Crippen LogP contribution in [0.1, 0.15) is 36.8 Å². The number of ether oxygens (including phenoxy) is 1. The van der Waals surface area contributed by atoms with Gasteiger partial charge in [0.1, 0.15) is 12.1 Å². The summed E-state index contributed by atoms with van der Waals surface area (Å²) in [5.41, 5.74) is 2.07. The van der Waals surface area contributed by atoms with Crippen LogP contribution in [0.15, 0.2) is 40.9 Å². The van der Waals surface area contributed by atoms with E-state index < -0.39 is 11.6 Å². The average Bonchev–Trinajstić information content (AvgIpc) is 3.10. The van der Waals surface area contributed by atoms with Crippen molar-refractivity contribution in [2.24, 2.45) is 0 Å². The molecule has 1 amide bonds. The summed E-state index contributed by atoms with van der Waals surface area (Å²) in [6, 6.07) is 11.3. The largest absolute Gasteiger partial charge is 0.459 e. The predicted molar refractivity (Wildman–Crippen MR) is 122 cm³/mol. The Balaban J connectivity index is 2.03. The van der Waals surface area contributed by atoms with E-state index in [2.05, 4.69) is 10.1 Å². The molecule has 0 aliphatic heterocycles. The molecule has 0 N–H and O–H groups in total. The Hall–Kier alpha value is -3.26. The summed E-state index contributed by atoms with van der Waals surface area (Å²) in [6.45, 7) is 7.97. The number of rotatable bonds is 7. The van der Waals surface area contributed by atoms with E-state index in [0.717, 1.165) is 5.56 Å². The molecule has 0 aliphatic carbocycles. The molecule has 1 aromatic carbocycles. The number of benzene rings is 1. The normalized spacial score (nSPS) is 11.7. The number of aromatic nitrogens is 2. The Morgan fingerprint density at radius 3 is 2.41 bits per heavy atom. The SMILES string of the molecule is Cc1noc2nc(-c3ccccc3)cc(C(=O)N(CCN(C)C)CC(=O)OC(C)(C)C)c12. The van der Waals surface area contributed by atoms with Crippen LogP contribution in [-0.2, 0) is 9.53 Å². The van der Waals surface area contributed by atoms with Gasteiger partial charge in [-0.05, 0) is 47.9 Å². The van der Waals surface area contributed by atoms with Crippen molar-refractivity contribution in [2.45, 2.75) is 33.3 Å². The number of pyridine rings is 1. The second-order valence-electron chi connectivity index (χ2n) is 8.99. The van der Waals surface area contributed by atoms with Gasteiger partial charge in [-0.3, -0.25) is 9.59 Å². The van der Waals surface area contributed by atoms with Gasteiger partial charge in [0.2, 0.25) is 0 Å². The monoisotopic (exact) mass is 438 g/mol. The summed E-state index contributed by atoms with van der Waals surface area (Å²) in [4.78, 5) is 34.3. The summed E-state index contributed by atoms with van der Waals surface area (Å²) < 4.78 is 10.9. The molecule has 3 aromatic rings. The van der Waals surface area contributed by atoms with Gasteiger partial charge in [0.05, 0.1) is 22.3 Å². The van der Waals surface area contributed by atoms with E-state index in [0.29, 0.717) is 35.4 Å². The predicted octanol–water partition coefficient (Wildman–Crippen LogP) is 3.54. The van der Waals surface area contributed by atoms with E-state index in [1.807, 2.05) is 49.3 Å². The van der Waals surface area contributed by atoms with Gasteiger partial charge in [-0.2, -0.15) is 0 Å². The highest BCUT2D eigenvalue weighted by Crippen LogP contribution is 2.28. The van der Waals surface area contributed by atoms with E-state index in [9.17, 15) is 9.59 Å². The fraction of sp³-hybridized carbons (Fsp3) is 0.417. The number of hydrogen-bond donors (Lipinski definition) is 0. The molecule has 0 atom stereocenters. The molecule has 0 saturated carbocycles. The first-order valence-electron chi connectivity index (χ1n) is 10.5. The zero-order valence-corrected chi connectivity index (χ0v) is 19.5. The minimum absolute atomic E-state index is 0.154. The standard InChI is InChI=1S/C24H30N4O4/c1-16-21-18(14-19(25-22(21)32-26-16)17-10-8-7-9-11-17)23(30)28(13-12-27(5)6)15-20(29)31-24(2,3)4/h7-11,14H,12-13,15H2,1-6H3. The zero-order valence-electron chi connectivity index (χ0n) is 19.5. The molecular weight excluding hydrogens is 408 g/mol. The van der Waals surface area contributed by atoms with Gasteiger partial charge in [-0.25, -0.2) is 4.98 Å². The van der Waals surface area contributed by atoms with Crippen LogP contribution in [0.3, 0.4) is 0 Å². The number of fused-ring (bicyclic) bond motifs is 1. The first kappa shape index (κ1) is 23.4. The molecule has 0 unspecified atom stereocenters. The number of carbonyl (C=O) groups excluding carboxylic acids is 2. The van der Waals surface area contributed by atoms with Gasteiger partial charge in [0, 0.05) is 18.7 Å². The summed E-state index contributed by atoms with van der Waals surface area (Å²) in [6.07, 6.45) is 0. The van der Waals surface area contributed by atoms with Crippen LogP contribution in [0.5, 0.6) is 0 Å². The van der Waals surface area contributed by atoms with Crippen LogP contribution in [0.4, 0.5) is 0 Å². The maximum absolute atomic E-state index is 13.7. The third-order valence-corrected chi connectivity index (χ3v) is 4.76. The molecule has 0 fully saturated rings. The summed E-state index contributed by atoms with van der Waals surface area (Å²) >= 11 is 0. The molecule has 2 heterocycles. The minimum atomic E-state index is -0.636. The molecule has 8 nitrogen and oxygen atoms in total. The number of carbonyl (C=O) groups is 2. The summed E-state index contributed by atoms with van der Waals surface area (Å²) in [7, 11) is 3.83. The zero-order chi connectivity index (χ0) is 23.5. The third kappa shape index (κ3) is 5.70. The Labute approximate surface area is 188 Å². The Kier molecular flexibility index (Phi) is 6.93. The van der Waals surface area contributed by atoms with Crippen molar-refractivity contribution >= 4 is 23.0 Å². The Bertz CT molecular complexity index is 1100. The minimum Gasteiger partial charge on any atom is -0.459 e. The molecule has 0 bridgehead atoms. The van der Waals surface area contributed by atoms with E-state index in [1.54, 1.807) is 33.8 Å².